The minimum atomic E-state index is -0.130. The van der Waals surface area contributed by atoms with Gasteiger partial charge in [0.2, 0.25) is 0 Å². The second-order valence-corrected chi connectivity index (χ2v) is 5.67. The highest BCUT2D eigenvalue weighted by molar-refractivity contribution is 5.83. The van der Waals surface area contributed by atoms with Crippen LogP contribution in [0.5, 0.6) is 11.5 Å². The zero-order chi connectivity index (χ0) is 17.3. The van der Waals surface area contributed by atoms with E-state index in [-0.39, 0.29) is 5.91 Å². The third-order valence-electron chi connectivity index (χ3n) is 3.71. The second kappa shape index (κ2) is 8.96. The fourth-order valence-corrected chi connectivity index (χ4v) is 2.46. The predicted octanol–water partition coefficient (Wildman–Crippen LogP) is 2.26. The van der Waals surface area contributed by atoms with E-state index in [9.17, 15) is 4.79 Å². The Morgan fingerprint density at radius 2 is 1.88 bits per heavy atom. The number of rotatable bonds is 6. The molecule has 0 unspecified atom stereocenters. The molecule has 0 saturated carbocycles. The van der Waals surface area contributed by atoms with Crippen LogP contribution in [0.4, 0.5) is 0 Å². The zero-order valence-electron chi connectivity index (χ0n) is 13.9. The molecule has 1 fully saturated rings. The molecule has 1 heterocycles. The van der Waals surface area contributed by atoms with Crippen molar-refractivity contribution in [2.24, 2.45) is 5.10 Å². The molecule has 1 N–H and O–H groups in total. The molecule has 0 spiro atoms. The van der Waals surface area contributed by atoms with Gasteiger partial charge in [-0.05, 0) is 29.8 Å². The first-order valence-corrected chi connectivity index (χ1v) is 8.24. The van der Waals surface area contributed by atoms with Crippen LogP contribution in [0.1, 0.15) is 5.56 Å². The van der Waals surface area contributed by atoms with Gasteiger partial charge in [-0.25, -0.2) is 5.43 Å². The smallest absolute Gasteiger partial charge is 0.254 e. The molecule has 25 heavy (non-hydrogen) atoms. The number of morpholine rings is 1. The summed E-state index contributed by atoms with van der Waals surface area (Å²) in [7, 11) is 0. The molecule has 0 aliphatic carbocycles. The van der Waals surface area contributed by atoms with E-state index in [2.05, 4.69) is 10.5 Å². The molecule has 1 aliphatic rings. The van der Waals surface area contributed by atoms with Crippen LogP contribution in [0.2, 0.25) is 0 Å². The van der Waals surface area contributed by atoms with Gasteiger partial charge in [-0.3, -0.25) is 9.69 Å². The molecule has 1 saturated heterocycles. The van der Waals surface area contributed by atoms with Crippen LogP contribution in [-0.2, 0) is 9.53 Å². The minimum absolute atomic E-state index is 0.130. The van der Waals surface area contributed by atoms with Gasteiger partial charge in [0.05, 0.1) is 26.0 Å². The molecule has 6 heteroatoms. The predicted molar refractivity (Wildman–Crippen MR) is 96.0 cm³/mol. The Hall–Kier alpha value is -2.70. The summed E-state index contributed by atoms with van der Waals surface area (Å²) in [6, 6.07) is 17.1. The SMILES string of the molecule is O=C(CN1CCOCC1)NN=Cc1cccc(Oc2ccccc2)c1. The summed E-state index contributed by atoms with van der Waals surface area (Å²) in [5.74, 6) is 1.36. The van der Waals surface area contributed by atoms with Crippen molar-refractivity contribution >= 4 is 12.1 Å². The highest BCUT2D eigenvalue weighted by Gasteiger charge is 2.13. The molecule has 0 bridgehead atoms. The van der Waals surface area contributed by atoms with Gasteiger partial charge in [0.25, 0.3) is 5.91 Å². The van der Waals surface area contributed by atoms with Crippen molar-refractivity contribution in [1.82, 2.24) is 10.3 Å². The third kappa shape index (κ3) is 5.70. The monoisotopic (exact) mass is 339 g/mol. The van der Waals surface area contributed by atoms with Gasteiger partial charge in [-0.15, -0.1) is 0 Å². The maximum atomic E-state index is 11.9. The van der Waals surface area contributed by atoms with E-state index >= 15 is 0 Å². The Labute approximate surface area is 147 Å². The van der Waals surface area contributed by atoms with E-state index in [1.165, 1.54) is 0 Å². The Bertz CT molecular complexity index is 713. The first-order chi connectivity index (χ1) is 12.3. The Balaban J connectivity index is 1.51. The van der Waals surface area contributed by atoms with Crippen molar-refractivity contribution in [3.8, 4) is 11.5 Å². The van der Waals surface area contributed by atoms with Crippen molar-refractivity contribution in [3.63, 3.8) is 0 Å². The van der Waals surface area contributed by atoms with Gasteiger partial charge >= 0.3 is 0 Å². The number of hydrazone groups is 1. The summed E-state index contributed by atoms with van der Waals surface area (Å²) in [5, 5.41) is 4.02. The van der Waals surface area contributed by atoms with E-state index in [0.29, 0.717) is 19.8 Å². The van der Waals surface area contributed by atoms with Crippen LogP contribution in [0.3, 0.4) is 0 Å². The number of nitrogens with one attached hydrogen (secondary N) is 1. The number of carbonyl (C=O) groups excluding carboxylic acids is 1. The summed E-state index contributed by atoms with van der Waals surface area (Å²) < 4.78 is 11.0. The van der Waals surface area contributed by atoms with Gasteiger partial charge in [0, 0.05) is 13.1 Å². The first-order valence-electron chi connectivity index (χ1n) is 8.24. The normalized spacial score (nSPS) is 15.2. The zero-order valence-corrected chi connectivity index (χ0v) is 13.9. The molecule has 6 nitrogen and oxygen atoms in total. The Kier molecular flexibility index (Phi) is 6.14. The lowest BCUT2D eigenvalue weighted by molar-refractivity contribution is -0.123. The summed E-state index contributed by atoms with van der Waals surface area (Å²) >= 11 is 0. The standard InChI is InChI=1S/C19H21N3O3/c23-19(15-22-9-11-24-12-10-22)21-20-14-16-5-4-8-18(13-16)25-17-6-2-1-3-7-17/h1-8,13-14H,9-12,15H2,(H,21,23). The summed E-state index contributed by atoms with van der Waals surface area (Å²) in [4.78, 5) is 13.9. The quantitative estimate of drug-likeness (QED) is 0.648. The van der Waals surface area contributed by atoms with Crippen molar-refractivity contribution in [1.29, 1.82) is 0 Å². The van der Waals surface area contributed by atoms with E-state index in [0.717, 1.165) is 30.2 Å². The van der Waals surface area contributed by atoms with Crippen LogP contribution in [-0.4, -0.2) is 49.9 Å². The molecule has 0 aromatic heterocycles. The van der Waals surface area contributed by atoms with Crippen molar-refractivity contribution in [2.75, 3.05) is 32.8 Å². The van der Waals surface area contributed by atoms with Gasteiger partial charge in [-0.2, -0.15) is 5.10 Å². The summed E-state index contributed by atoms with van der Waals surface area (Å²) in [6.45, 7) is 3.22. The number of nitrogens with zero attached hydrogens (tertiary/aromatic N) is 2. The fourth-order valence-electron chi connectivity index (χ4n) is 2.46. The number of hydrogen-bond donors (Lipinski definition) is 1. The molecule has 1 amide bonds. The first kappa shape index (κ1) is 17.1. The van der Waals surface area contributed by atoms with Gasteiger partial charge in [0.15, 0.2) is 0 Å². The topological polar surface area (TPSA) is 63.2 Å². The number of carbonyl (C=O) groups is 1. The number of benzene rings is 2. The largest absolute Gasteiger partial charge is 0.457 e. The molecule has 0 atom stereocenters. The number of amides is 1. The van der Waals surface area contributed by atoms with Crippen LogP contribution < -0.4 is 10.2 Å². The molecule has 2 aromatic carbocycles. The summed E-state index contributed by atoms with van der Waals surface area (Å²) in [5.41, 5.74) is 3.40. The molecule has 1 aliphatic heterocycles. The lowest BCUT2D eigenvalue weighted by atomic mass is 10.2. The van der Waals surface area contributed by atoms with Crippen LogP contribution in [0.15, 0.2) is 59.7 Å². The molecule has 130 valence electrons. The highest BCUT2D eigenvalue weighted by atomic mass is 16.5. The van der Waals surface area contributed by atoms with Gasteiger partial charge in [-0.1, -0.05) is 30.3 Å². The molecule has 0 radical (unpaired) electrons. The molecule has 3 rings (SSSR count). The van der Waals surface area contributed by atoms with E-state index in [4.69, 9.17) is 9.47 Å². The Morgan fingerprint density at radius 3 is 2.68 bits per heavy atom. The maximum absolute atomic E-state index is 11.9. The average molecular weight is 339 g/mol. The van der Waals surface area contributed by atoms with E-state index in [1.54, 1.807) is 6.21 Å². The average Bonchev–Trinajstić information content (AvgIpc) is 2.64. The van der Waals surface area contributed by atoms with Crippen molar-refractivity contribution < 1.29 is 14.3 Å². The van der Waals surface area contributed by atoms with E-state index < -0.39 is 0 Å². The number of para-hydroxylation sites is 1. The van der Waals surface area contributed by atoms with Crippen LogP contribution in [0.25, 0.3) is 0 Å². The highest BCUT2D eigenvalue weighted by Crippen LogP contribution is 2.21. The van der Waals surface area contributed by atoms with Crippen LogP contribution >= 0.6 is 0 Å². The third-order valence-corrected chi connectivity index (χ3v) is 3.71. The fraction of sp³-hybridized carbons (Fsp3) is 0.263. The number of hydrogen-bond acceptors (Lipinski definition) is 5. The molecular weight excluding hydrogens is 318 g/mol. The van der Waals surface area contributed by atoms with Gasteiger partial charge < -0.3 is 9.47 Å². The van der Waals surface area contributed by atoms with Crippen LogP contribution in [0, 0.1) is 0 Å². The molecular formula is C19H21N3O3. The van der Waals surface area contributed by atoms with Gasteiger partial charge in [0.1, 0.15) is 11.5 Å². The van der Waals surface area contributed by atoms with E-state index in [1.807, 2.05) is 59.5 Å². The minimum Gasteiger partial charge on any atom is -0.457 e. The second-order valence-electron chi connectivity index (χ2n) is 5.67. The lowest BCUT2D eigenvalue weighted by Gasteiger charge is -2.25. The maximum Gasteiger partial charge on any atom is 0.254 e. The lowest BCUT2D eigenvalue weighted by Crippen LogP contribution is -2.42. The molecule has 2 aromatic rings. The Morgan fingerprint density at radius 1 is 1.12 bits per heavy atom. The summed E-state index contributed by atoms with van der Waals surface area (Å²) in [6.07, 6.45) is 1.61. The van der Waals surface area contributed by atoms with Crippen molar-refractivity contribution in [3.05, 3.63) is 60.2 Å². The number of ether oxygens (including phenoxy) is 2. The van der Waals surface area contributed by atoms with Crippen molar-refractivity contribution in [2.45, 2.75) is 0 Å².